The maximum Gasteiger partial charge on any atom is 0.124 e. The molecular weight excluding hydrogens is 300 g/mol. The Morgan fingerprint density at radius 2 is 1.88 bits per heavy atom. The monoisotopic (exact) mass is 316 g/mol. The highest BCUT2D eigenvalue weighted by Crippen LogP contribution is 2.28. The van der Waals surface area contributed by atoms with Crippen LogP contribution in [0.2, 0.25) is 0 Å². The van der Waals surface area contributed by atoms with Gasteiger partial charge in [-0.25, -0.2) is 0 Å². The lowest BCUT2D eigenvalue weighted by molar-refractivity contribution is 0.182. The van der Waals surface area contributed by atoms with E-state index in [1.807, 2.05) is 18.2 Å². The summed E-state index contributed by atoms with van der Waals surface area (Å²) in [6.07, 6.45) is 8.01. The molecule has 0 spiro atoms. The molecule has 1 aliphatic carbocycles. The normalized spacial score (nSPS) is 17.8. The predicted octanol–water partition coefficient (Wildman–Crippen LogP) is 5.29. The highest BCUT2D eigenvalue weighted by Gasteiger charge is 2.15. The van der Waals surface area contributed by atoms with Crippen molar-refractivity contribution in [2.45, 2.75) is 50.5 Å². The van der Waals surface area contributed by atoms with Gasteiger partial charge in [0.1, 0.15) is 5.75 Å². The third kappa shape index (κ3) is 3.89. The smallest absolute Gasteiger partial charge is 0.124 e. The van der Waals surface area contributed by atoms with Gasteiger partial charge in [0.2, 0.25) is 0 Å². The summed E-state index contributed by atoms with van der Waals surface area (Å²) in [5.74, 6) is 1.46. The van der Waals surface area contributed by atoms with E-state index < -0.39 is 0 Å². The molecule has 3 heteroatoms. The molecule has 0 aromatic heterocycles. The average Bonchev–Trinajstić information content (AvgIpc) is 2.60. The Kier molecular flexibility index (Phi) is 5.17. The third-order valence-electron chi connectivity index (χ3n) is 3.26. The number of hydrogen-bond acceptors (Lipinski definition) is 1. The van der Waals surface area contributed by atoms with Gasteiger partial charge in [0.05, 0.1) is 12.0 Å². The first-order valence-electron chi connectivity index (χ1n) is 6.30. The summed E-state index contributed by atoms with van der Waals surface area (Å²) in [4.78, 5) is 0. The second-order valence-corrected chi connectivity index (χ2v) is 5.80. The predicted molar refractivity (Wildman–Crippen MR) is 75.8 cm³/mol. The summed E-state index contributed by atoms with van der Waals surface area (Å²) in [6.45, 7) is 0. The van der Waals surface area contributed by atoms with Crippen LogP contribution in [-0.2, 0) is 5.88 Å². The van der Waals surface area contributed by atoms with Crippen LogP contribution in [0.5, 0.6) is 5.75 Å². The zero-order valence-electron chi connectivity index (χ0n) is 9.92. The Morgan fingerprint density at radius 1 is 1.18 bits per heavy atom. The molecule has 0 radical (unpaired) electrons. The molecule has 0 amide bonds. The average molecular weight is 318 g/mol. The fraction of sp³-hybridized carbons (Fsp3) is 0.571. The first-order chi connectivity index (χ1) is 8.29. The minimum Gasteiger partial charge on any atom is -0.490 e. The molecule has 1 nitrogen and oxygen atoms in total. The Balaban J connectivity index is 2.06. The van der Waals surface area contributed by atoms with Crippen molar-refractivity contribution >= 4 is 27.5 Å². The lowest BCUT2D eigenvalue weighted by Gasteiger charge is -2.19. The van der Waals surface area contributed by atoms with Gasteiger partial charge in [-0.3, -0.25) is 0 Å². The molecule has 0 heterocycles. The van der Waals surface area contributed by atoms with Crippen LogP contribution in [0.4, 0.5) is 0 Å². The molecule has 1 saturated carbocycles. The van der Waals surface area contributed by atoms with Gasteiger partial charge in [-0.1, -0.05) is 28.8 Å². The zero-order chi connectivity index (χ0) is 12.1. The Bertz CT molecular complexity index is 359. The van der Waals surface area contributed by atoms with Crippen molar-refractivity contribution in [3.8, 4) is 5.75 Å². The summed E-state index contributed by atoms with van der Waals surface area (Å²) >= 11 is 9.41. The van der Waals surface area contributed by atoms with E-state index in [4.69, 9.17) is 16.3 Å². The van der Waals surface area contributed by atoms with Gasteiger partial charge in [-0.2, -0.15) is 0 Å². The van der Waals surface area contributed by atoms with Gasteiger partial charge in [0.25, 0.3) is 0 Å². The molecule has 0 aliphatic heterocycles. The number of rotatable bonds is 3. The van der Waals surface area contributed by atoms with Gasteiger partial charge >= 0.3 is 0 Å². The van der Waals surface area contributed by atoms with E-state index in [0.29, 0.717) is 12.0 Å². The molecular formula is C14H18BrClO. The van der Waals surface area contributed by atoms with E-state index >= 15 is 0 Å². The fourth-order valence-corrected chi connectivity index (χ4v) is 2.92. The molecule has 94 valence electrons. The number of hydrogen-bond donors (Lipinski definition) is 0. The van der Waals surface area contributed by atoms with E-state index in [9.17, 15) is 0 Å². The molecule has 2 rings (SSSR count). The standard InChI is InChI=1S/C14H18BrClO/c15-12-7-8-14(11(9-12)10-16)17-13-5-3-1-2-4-6-13/h7-9,13H,1-6,10H2. The van der Waals surface area contributed by atoms with Crippen molar-refractivity contribution in [1.82, 2.24) is 0 Å². The summed E-state index contributed by atoms with van der Waals surface area (Å²) in [6, 6.07) is 6.08. The van der Waals surface area contributed by atoms with Crippen LogP contribution in [0.15, 0.2) is 22.7 Å². The number of ether oxygens (including phenoxy) is 1. The zero-order valence-corrected chi connectivity index (χ0v) is 12.3. The summed E-state index contributed by atoms with van der Waals surface area (Å²) in [7, 11) is 0. The fourth-order valence-electron chi connectivity index (χ4n) is 2.31. The number of alkyl halides is 1. The van der Waals surface area contributed by atoms with Crippen LogP contribution in [0, 0.1) is 0 Å². The first-order valence-corrected chi connectivity index (χ1v) is 7.63. The summed E-state index contributed by atoms with van der Waals surface area (Å²) in [5.41, 5.74) is 1.07. The maximum absolute atomic E-state index is 6.11. The van der Waals surface area contributed by atoms with Crippen LogP contribution in [0.3, 0.4) is 0 Å². The quantitative estimate of drug-likeness (QED) is 0.543. The molecule has 0 bridgehead atoms. The van der Waals surface area contributed by atoms with Crippen LogP contribution in [0.25, 0.3) is 0 Å². The van der Waals surface area contributed by atoms with Crippen LogP contribution >= 0.6 is 27.5 Å². The number of benzene rings is 1. The van der Waals surface area contributed by atoms with Crippen molar-refractivity contribution < 1.29 is 4.74 Å². The van der Waals surface area contributed by atoms with Gasteiger partial charge in [-0.05, 0) is 43.9 Å². The van der Waals surface area contributed by atoms with Gasteiger partial charge in [0.15, 0.2) is 0 Å². The van der Waals surface area contributed by atoms with Crippen molar-refractivity contribution in [2.75, 3.05) is 0 Å². The van der Waals surface area contributed by atoms with Crippen molar-refractivity contribution in [3.05, 3.63) is 28.2 Å². The highest BCUT2D eigenvalue weighted by molar-refractivity contribution is 9.10. The molecule has 0 unspecified atom stereocenters. The van der Waals surface area contributed by atoms with Crippen LogP contribution in [-0.4, -0.2) is 6.10 Å². The SMILES string of the molecule is ClCc1cc(Br)ccc1OC1CCCCCC1. The molecule has 17 heavy (non-hydrogen) atoms. The lowest BCUT2D eigenvalue weighted by Crippen LogP contribution is -2.15. The minimum atomic E-state index is 0.376. The van der Waals surface area contributed by atoms with E-state index in [1.165, 1.54) is 38.5 Å². The largest absolute Gasteiger partial charge is 0.490 e. The first kappa shape index (κ1) is 13.2. The molecule has 0 N–H and O–H groups in total. The topological polar surface area (TPSA) is 9.23 Å². The summed E-state index contributed by atoms with van der Waals surface area (Å²) in [5, 5.41) is 0. The molecule has 1 aromatic rings. The second-order valence-electron chi connectivity index (χ2n) is 4.62. The highest BCUT2D eigenvalue weighted by atomic mass is 79.9. The van der Waals surface area contributed by atoms with Crippen LogP contribution < -0.4 is 4.74 Å². The van der Waals surface area contributed by atoms with Crippen molar-refractivity contribution in [2.24, 2.45) is 0 Å². The van der Waals surface area contributed by atoms with E-state index in [1.54, 1.807) is 0 Å². The number of halogens is 2. The maximum atomic E-state index is 6.11. The van der Waals surface area contributed by atoms with Gasteiger partial charge in [-0.15, -0.1) is 11.6 Å². The van der Waals surface area contributed by atoms with Gasteiger partial charge < -0.3 is 4.74 Å². The molecule has 1 fully saturated rings. The molecule has 1 aliphatic rings. The van der Waals surface area contributed by atoms with Crippen molar-refractivity contribution in [3.63, 3.8) is 0 Å². The minimum absolute atomic E-state index is 0.376. The Morgan fingerprint density at radius 3 is 2.53 bits per heavy atom. The summed E-state index contributed by atoms with van der Waals surface area (Å²) < 4.78 is 7.16. The van der Waals surface area contributed by atoms with E-state index in [-0.39, 0.29) is 0 Å². The Hall–Kier alpha value is -0.210. The van der Waals surface area contributed by atoms with Crippen LogP contribution in [0.1, 0.15) is 44.1 Å². The third-order valence-corrected chi connectivity index (χ3v) is 4.04. The lowest BCUT2D eigenvalue weighted by atomic mass is 10.1. The van der Waals surface area contributed by atoms with Crippen molar-refractivity contribution in [1.29, 1.82) is 0 Å². The van der Waals surface area contributed by atoms with Gasteiger partial charge in [0, 0.05) is 10.0 Å². The molecule has 1 aromatic carbocycles. The Labute approximate surface area is 117 Å². The van der Waals surface area contributed by atoms with E-state index in [0.717, 1.165) is 15.8 Å². The molecule has 0 saturated heterocycles. The second kappa shape index (κ2) is 6.65. The molecule has 0 atom stereocenters. The van der Waals surface area contributed by atoms with E-state index in [2.05, 4.69) is 15.9 Å².